The van der Waals surface area contributed by atoms with E-state index in [9.17, 15) is 5.11 Å². The van der Waals surface area contributed by atoms with E-state index in [1.807, 2.05) is 0 Å². The van der Waals surface area contributed by atoms with Gasteiger partial charge in [0.25, 0.3) is 0 Å². The molecule has 20 heavy (non-hydrogen) atoms. The number of aliphatic hydroxyl groups excluding tert-OH is 2. The minimum Gasteiger partial charge on any atom is -0.394 e. The van der Waals surface area contributed by atoms with Crippen LogP contribution < -0.4 is 5.73 Å². The lowest BCUT2D eigenvalue weighted by Crippen LogP contribution is -2.24. The van der Waals surface area contributed by atoms with E-state index in [0.717, 1.165) is 0 Å². The summed E-state index contributed by atoms with van der Waals surface area (Å²) in [6.07, 6.45) is -0.0680. The van der Waals surface area contributed by atoms with E-state index in [1.54, 1.807) is 4.57 Å². The van der Waals surface area contributed by atoms with Crippen LogP contribution in [0.1, 0.15) is 12.6 Å². The average Bonchev–Trinajstić information content (AvgIpc) is 2.90. The van der Waals surface area contributed by atoms with Gasteiger partial charge in [0.1, 0.15) is 33.8 Å². The molecule has 108 valence electrons. The van der Waals surface area contributed by atoms with Crippen molar-refractivity contribution in [3.63, 3.8) is 0 Å². The molecule has 3 atom stereocenters. The van der Waals surface area contributed by atoms with Crippen LogP contribution in [0.25, 0.3) is 11.0 Å². The summed E-state index contributed by atoms with van der Waals surface area (Å²) in [4.78, 5) is 8.13. The number of ether oxygens (including phenoxy) is 1. The molecule has 3 heterocycles. The lowest BCUT2D eigenvalue weighted by atomic mass is 10.2. The highest BCUT2D eigenvalue weighted by atomic mass is 127. The summed E-state index contributed by atoms with van der Waals surface area (Å²) in [5.41, 5.74) is 6.39. The summed E-state index contributed by atoms with van der Waals surface area (Å²) < 4.78 is 8.13. The first-order valence-corrected chi connectivity index (χ1v) is 7.40. The van der Waals surface area contributed by atoms with Crippen LogP contribution in [0.3, 0.4) is 0 Å². The summed E-state index contributed by atoms with van der Waals surface area (Å²) in [5.74, 6) is 0.300. The van der Waals surface area contributed by atoms with E-state index in [2.05, 4.69) is 32.6 Å². The second-order valence-corrected chi connectivity index (χ2v) is 5.95. The highest BCUT2D eigenvalue weighted by molar-refractivity contribution is 14.1. The number of aromatic nitrogens is 3. The fourth-order valence-corrected chi connectivity index (χ4v) is 3.47. The van der Waals surface area contributed by atoms with Crippen LogP contribution >= 0.6 is 34.2 Å². The van der Waals surface area contributed by atoms with Crippen LogP contribution in [-0.4, -0.2) is 43.6 Å². The lowest BCUT2D eigenvalue weighted by molar-refractivity contribution is -0.0437. The number of anilines is 1. The Morgan fingerprint density at radius 1 is 1.55 bits per heavy atom. The molecule has 1 aliphatic heterocycles. The summed E-state index contributed by atoms with van der Waals surface area (Å²) in [7, 11) is 0. The van der Waals surface area contributed by atoms with Crippen LogP contribution in [0.2, 0.25) is 5.02 Å². The number of nitrogens with two attached hydrogens (primary N) is 1. The van der Waals surface area contributed by atoms with E-state index >= 15 is 0 Å². The largest absolute Gasteiger partial charge is 0.394 e. The van der Waals surface area contributed by atoms with Gasteiger partial charge in [0.2, 0.25) is 0 Å². The summed E-state index contributed by atoms with van der Waals surface area (Å²) in [6, 6.07) is 0. The summed E-state index contributed by atoms with van der Waals surface area (Å²) in [6.45, 7) is -0.238. The van der Waals surface area contributed by atoms with Gasteiger partial charge in [-0.05, 0) is 22.6 Å². The topological polar surface area (TPSA) is 106 Å². The maximum Gasteiger partial charge on any atom is 0.150 e. The summed E-state index contributed by atoms with van der Waals surface area (Å²) >= 11 is 8.36. The van der Waals surface area contributed by atoms with Crippen molar-refractivity contribution < 1.29 is 14.9 Å². The molecule has 0 radical (unpaired) electrons. The van der Waals surface area contributed by atoms with Gasteiger partial charge in [-0.3, -0.25) is 4.57 Å². The number of rotatable bonds is 2. The van der Waals surface area contributed by atoms with Crippen molar-refractivity contribution in [2.45, 2.75) is 24.9 Å². The molecule has 4 N–H and O–H groups in total. The molecule has 0 amide bonds. The second-order valence-electron chi connectivity index (χ2n) is 4.55. The SMILES string of the molecule is Nc1ncnc2c1c(Cl)c(I)n2[C@@H]1C[C@H](O)[C@@H](CO)O1. The molecule has 1 aliphatic rings. The Kier molecular flexibility index (Phi) is 3.75. The van der Waals surface area contributed by atoms with Crippen LogP contribution in [-0.2, 0) is 4.74 Å². The number of aliphatic hydroxyl groups is 2. The molecule has 0 spiro atoms. The van der Waals surface area contributed by atoms with Gasteiger partial charge in [0.05, 0.1) is 23.1 Å². The third-order valence-electron chi connectivity index (χ3n) is 3.37. The number of nitrogen functional groups attached to an aromatic ring is 1. The highest BCUT2D eigenvalue weighted by Crippen LogP contribution is 2.39. The number of nitrogens with zero attached hydrogens (tertiary/aromatic N) is 3. The quantitative estimate of drug-likeness (QED) is 0.636. The molecule has 9 heteroatoms. The molecule has 3 rings (SSSR count). The van der Waals surface area contributed by atoms with Crippen LogP contribution in [0.5, 0.6) is 0 Å². The van der Waals surface area contributed by atoms with E-state index in [0.29, 0.717) is 32.0 Å². The smallest absolute Gasteiger partial charge is 0.150 e. The van der Waals surface area contributed by atoms with Gasteiger partial charge >= 0.3 is 0 Å². The van der Waals surface area contributed by atoms with Gasteiger partial charge in [-0.25, -0.2) is 9.97 Å². The maximum absolute atomic E-state index is 9.85. The standard InChI is InChI=1S/C11H12ClIN4O3/c12-8-7-10(14)15-3-16-11(7)17(9(8)13)6-1-4(19)5(2-18)20-6/h3-6,18-19H,1-2H2,(H2,14,15,16)/t4-,5+,6-/m0/s1. The molecule has 1 fully saturated rings. The predicted molar refractivity (Wildman–Crippen MR) is 81.3 cm³/mol. The Bertz CT molecular complexity index is 665. The van der Waals surface area contributed by atoms with Crippen LogP contribution in [0.4, 0.5) is 5.82 Å². The van der Waals surface area contributed by atoms with E-state index in [4.69, 9.17) is 27.2 Å². The third-order valence-corrected chi connectivity index (χ3v) is 5.11. The van der Waals surface area contributed by atoms with Gasteiger partial charge in [-0.15, -0.1) is 0 Å². The molecule has 0 unspecified atom stereocenters. The van der Waals surface area contributed by atoms with Gasteiger partial charge in [0, 0.05) is 6.42 Å². The minimum atomic E-state index is -0.726. The molecule has 0 aromatic carbocycles. The lowest BCUT2D eigenvalue weighted by Gasteiger charge is -2.15. The average molecular weight is 411 g/mol. The zero-order valence-corrected chi connectivity index (χ0v) is 13.1. The minimum absolute atomic E-state index is 0.238. The van der Waals surface area contributed by atoms with Crippen molar-refractivity contribution >= 4 is 51.0 Å². The Hall–Kier alpha value is -0.680. The fourth-order valence-electron chi connectivity index (χ4n) is 2.38. The van der Waals surface area contributed by atoms with Crippen molar-refractivity contribution in [3.05, 3.63) is 15.1 Å². The zero-order valence-electron chi connectivity index (χ0n) is 10.2. The van der Waals surface area contributed by atoms with Crippen molar-refractivity contribution in [2.24, 2.45) is 0 Å². The van der Waals surface area contributed by atoms with E-state index in [-0.39, 0.29) is 6.61 Å². The Balaban J connectivity index is 2.13. The monoisotopic (exact) mass is 410 g/mol. The second kappa shape index (κ2) is 5.26. The highest BCUT2D eigenvalue weighted by Gasteiger charge is 2.36. The van der Waals surface area contributed by atoms with Crippen molar-refractivity contribution in [1.29, 1.82) is 0 Å². The molecule has 7 nitrogen and oxygen atoms in total. The Labute approximate surface area is 132 Å². The fraction of sp³-hybridized carbons (Fsp3) is 0.455. The Morgan fingerprint density at radius 3 is 2.95 bits per heavy atom. The van der Waals surface area contributed by atoms with E-state index in [1.165, 1.54) is 6.33 Å². The van der Waals surface area contributed by atoms with Crippen molar-refractivity contribution in [3.8, 4) is 0 Å². The zero-order chi connectivity index (χ0) is 14.4. The van der Waals surface area contributed by atoms with Gasteiger partial charge < -0.3 is 20.7 Å². The number of fused-ring (bicyclic) bond motifs is 1. The van der Waals surface area contributed by atoms with Crippen LogP contribution in [0.15, 0.2) is 6.33 Å². The molecule has 2 aromatic rings. The predicted octanol–water partition coefficient (Wildman–Crippen LogP) is 0.912. The number of halogens is 2. The van der Waals surface area contributed by atoms with Gasteiger partial charge in [0.15, 0.2) is 0 Å². The van der Waals surface area contributed by atoms with Gasteiger partial charge in [-0.1, -0.05) is 11.6 Å². The molecule has 0 saturated carbocycles. The molecule has 0 bridgehead atoms. The molecule has 0 aliphatic carbocycles. The maximum atomic E-state index is 9.85. The first-order valence-electron chi connectivity index (χ1n) is 5.94. The third kappa shape index (κ3) is 2.06. The van der Waals surface area contributed by atoms with Crippen molar-refractivity contribution in [2.75, 3.05) is 12.3 Å². The first kappa shape index (κ1) is 14.3. The van der Waals surface area contributed by atoms with Crippen molar-refractivity contribution in [1.82, 2.24) is 14.5 Å². The molecular formula is C11H12ClIN4O3. The molecule has 2 aromatic heterocycles. The van der Waals surface area contributed by atoms with Crippen LogP contribution in [0, 0.1) is 3.70 Å². The normalized spacial score (nSPS) is 26.5. The van der Waals surface area contributed by atoms with E-state index < -0.39 is 18.4 Å². The van der Waals surface area contributed by atoms with Gasteiger partial charge in [-0.2, -0.15) is 0 Å². The Morgan fingerprint density at radius 2 is 2.30 bits per heavy atom. The summed E-state index contributed by atoms with van der Waals surface area (Å²) in [5, 5.41) is 20.1. The number of hydrogen-bond donors (Lipinski definition) is 3. The first-order chi connectivity index (χ1) is 9.54. The molecular weight excluding hydrogens is 399 g/mol. The molecule has 1 saturated heterocycles. The number of hydrogen-bond acceptors (Lipinski definition) is 6.